The molecule has 0 radical (unpaired) electrons. The van der Waals surface area contributed by atoms with Gasteiger partial charge in [0.05, 0.1) is 5.39 Å². The predicted molar refractivity (Wildman–Crippen MR) is 93.6 cm³/mol. The highest BCUT2D eigenvalue weighted by atomic mass is 16.4. The standard InChI is InChI=1S/C17H24N4O4/c1-5-6-12(17(24)25)19-13(22)8-7-11-9(2)14-15(18-10(11)3)21(4)20-16(14)23/h12H,5-8H2,1-4H3,(H,19,22)(H,20,23)(H,24,25). The summed E-state index contributed by atoms with van der Waals surface area (Å²) in [5.74, 6) is -1.34. The molecule has 0 fully saturated rings. The van der Waals surface area contributed by atoms with Gasteiger partial charge in [0.25, 0.3) is 5.56 Å². The zero-order chi connectivity index (χ0) is 18.7. The van der Waals surface area contributed by atoms with Gasteiger partial charge in [-0.2, -0.15) is 0 Å². The van der Waals surface area contributed by atoms with Crippen molar-refractivity contribution in [2.75, 3.05) is 0 Å². The van der Waals surface area contributed by atoms with Crippen molar-refractivity contribution in [3.8, 4) is 0 Å². The number of carbonyl (C=O) groups excluding carboxylic acids is 1. The molecule has 2 heterocycles. The van der Waals surface area contributed by atoms with E-state index in [9.17, 15) is 14.4 Å². The number of hydrogen-bond acceptors (Lipinski definition) is 4. The summed E-state index contributed by atoms with van der Waals surface area (Å²) in [6.45, 7) is 5.55. The van der Waals surface area contributed by atoms with Gasteiger partial charge in [-0.3, -0.25) is 19.4 Å². The van der Waals surface area contributed by atoms with Crippen molar-refractivity contribution >= 4 is 22.9 Å². The fourth-order valence-electron chi connectivity index (χ4n) is 3.07. The van der Waals surface area contributed by atoms with Gasteiger partial charge in [-0.25, -0.2) is 9.78 Å². The predicted octanol–water partition coefficient (Wildman–Crippen LogP) is 1.18. The van der Waals surface area contributed by atoms with Crippen LogP contribution in [-0.2, 0) is 23.1 Å². The van der Waals surface area contributed by atoms with E-state index in [4.69, 9.17) is 5.11 Å². The highest BCUT2D eigenvalue weighted by molar-refractivity contribution is 5.84. The minimum atomic E-state index is -1.03. The molecule has 0 saturated carbocycles. The number of hydrogen-bond donors (Lipinski definition) is 3. The molecule has 0 aromatic carbocycles. The molecule has 0 saturated heterocycles. The number of nitrogens with zero attached hydrogens (tertiary/aromatic N) is 2. The fraction of sp³-hybridized carbons (Fsp3) is 0.529. The molecule has 25 heavy (non-hydrogen) atoms. The second kappa shape index (κ2) is 7.50. The summed E-state index contributed by atoms with van der Waals surface area (Å²) in [6.07, 6.45) is 1.62. The van der Waals surface area contributed by atoms with E-state index in [1.54, 1.807) is 11.7 Å². The Balaban J connectivity index is 2.18. The summed E-state index contributed by atoms with van der Waals surface area (Å²) in [6, 6.07) is -0.864. The normalized spacial score (nSPS) is 12.3. The molecule has 3 N–H and O–H groups in total. The molecule has 8 nitrogen and oxygen atoms in total. The number of aromatic amines is 1. The molecule has 2 aromatic heterocycles. The number of nitrogens with one attached hydrogen (secondary N) is 2. The molecule has 1 amide bonds. The highest BCUT2D eigenvalue weighted by Gasteiger charge is 2.20. The maximum atomic E-state index is 12.1. The monoisotopic (exact) mass is 348 g/mol. The number of aryl methyl sites for hydroxylation is 3. The Morgan fingerprint density at radius 3 is 2.64 bits per heavy atom. The van der Waals surface area contributed by atoms with Crippen LogP contribution in [0.5, 0.6) is 0 Å². The van der Waals surface area contributed by atoms with E-state index < -0.39 is 12.0 Å². The molecule has 136 valence electrons. The van der Waals surface area contributed by atoms with Crippen molar-refractivity contribution in [1.82, 2.24) is 20.1 Å². The zero-order valence-electron chi connectivity index (χ0n) is 15.0. The van der Waals surface area contributed by atoms with Crippen LogP contribution in [0.3, 0.4) is 0 Å². The van der Waals surface area contributed by atoms with Crippen LogP contribution >= 0.6 is 0 Å². The SMILES string of the molecule is CCCC(NC(=O)CCc1c(C)nc2c(c1C)c(=O)[nH]n2C)C(=O)O. The van der Waals surface area contributed by atoms with Crippen LogP contribution < -0.4 is 10.9 Å². The average Bonchev–Trinajstić information content (AvgIpc) is 2.80. The topological polar surface area (TPSA) is 117 Å². The minimum absolute atomic E-state index is 0.146. The molecule has 0 aliphatic carbocycles. The minimum Gasteiger partial charge on any atom is -0.480 e. The Kier molecular flexibility index (Phi) is 5.61. The van der Waals surface area contributed by atoms with Crippen LogP contribution in [0.1, 0.15) is 43.0 Å². The van der Waals surface area contributed by atoms with E-state index in [0.717, 1.165) is 16.8 Å². The first-order valence-electron chi connectivity index (χ1n) is 8.33. The summed E-state index contributed by atoms with van der Waals surface area (Å²) in [5, 5.41) is 14.9. The third-order valence-electron chi connectivity index (χ3n) is 4.39. The van der Waals surface area contributed by atoms with Crippen molar-refractivity contribution < 1.29 is 14.7 Å². The van der Waals surface area contributed by atoms with Crippen molar-refractivity contribution in [3.63, 3.8) is 0 Å². The number of carbonyl (C=O) groups is 2. The summed E-state index contributed by atoms with van der Waals surface area (Å²) < 4.78 is 1.58. The molecule has 8 heteroatoms. The van der Waals surface area contributed by atoms with Crippen molar-refractivity contribution in [1.29, 1.82) is 0 Å². The number of carboxylic acid groups (broad SMARTS) is 1. The summed E-state index contributed by atoms with van der Waals surface area (Å²) in [4.78, 5) is 39.7. The Morgan fingerprint density at radius 1 is 1.36 bits per heavy atom. The zero-order valence-corrected chi connectivity index (χ0v) is 15.0. The molecule has 1 atom stereocenters. The van der Waals surface area contributed by atoms with Crippen LogP contribution in [0.2, 0.25) is 0 Å². The van der Waals surface area contributed by atoms with Crippen LogP contribution in [0.4, 0.5) is 0 Å². The van der Waals surface area contributed by atoms with Gasteiger partial charge in [-0.05, 0) is 37.8 Å². The van der Waals surface area contributed by atoms with Gasteiger partial charge in [0.2, 0.25) is 5.91 Å². The number of pyridine rings is 1. The van der Waals surface area contributed by atoms with Gasteiger partial charge in [0.1, 0.15) is 6.04 Å². The third kappa shape index (κ3) is 3.89. The van der Waals surface area contributed by atoms with Crippen LogP contribution in [0.25, 0.3) is 11.0 Å². The number of H-pyrrole nitrogens is 1. The van der Waals surface area contributed by atoms with Gasteiger partial charge in [-0.1, -0.05) is 13.3 Å². The lowest BCUT2D eigenvalue weighted by Crippen LogP contribution is -2.40. The molecular formula is C17H24N4O4. The lowest BCUT2D eigenvalue weighted by molar-refractivity contribution is -0.142. The van der Waals surface area contributed by atoms with E-state index in [0.29, 0.717) is 30.3 Å². The second-order valence-electron chi connectivity index (χ2n) is 6.25. The number of rotatable bonds is 7. The Bertz CT molecular complexity index is 866. The molecule has 0 bridgehead atoms. The summed E-state index contributed by atoms with van der Waals surface area (Å²) >= 11 is 0. The van der Waals surface area contributed by atoms with Gasteiger partial charge in [0, 0.05) is 19.2 Å². The smallest absolute Gasteiger partial charge is 0.326 e. The first kappa shape index (κ1) is 18.7. The van der Waals surface area contributed by atoms with Gasteiger partial charge in [0.15, 0.2) is 5.65 Å². The fourth-order valence-corrected chi connectivity index (χ4v) is 3.07. The number of carboxylic acids is 1. The third-order valence-corrected chi connectivity index (χ3v) is 4.39. The molecular weight excluding hydrogens is 324 g/mol. The van der Waals surface area contributed by atoms with E-state index >= 15 is 0 Å². The Labute approximate surface area is 145 Å². The first-order valence-corrected chi connectivity index (χ1v) is 8.33. The largest absolute Gasteiger partial charge is 0.480 e. The van der Waals surface area contributed by atoms with Gasteiger partial charge >= 0.3 is 5.97 Å². The molecule has 2 aromatic rings. The van der Waals surface area contributed by atoms with Crippen LogP contribution in [0.15, 0.2) is 4.79 Å². The summed E-state index contributed by atoms with van der Waals surface area (Å²) in [7, 11) is 1.72. The highest BCUT2D eigenvalue weighted by Crippen LogP contribution is 2.21. The molecule has 2 rings (SSSR count). The van der Waals surface area contributed by atoms with E-state index in [2.05, 4.69) is 15.4 Å². The number of aliphatic carboxylic acids is 1. The second-order valence-corrected chi connectivity index (χ2v) is 6.25. The Hall–Kier alpha value is -2.64. The lowest BCUT2D eigenvalue weighted by atomic mass is 10.00. The van der Waals surface area contributed by atoms with Crippen LogP contribution in [-0.4, -0.2) is 37.8 Å². The Morgan fingerprint density at radius 2 is 2.04 bits per heavy atom. The van der Waals surface area contributed by atoms with Gasteiger partial charge in [-0.15, -0.1) is 0 Å². The van der Waals surface area contributed by atoms with Crippen molar-refractivity contribution in [2.45, 2.75) is 52.5 Å². The van der Waals surface area contributed by atoms with Crippen molar-refractivity contribution in [2.24, 2.45) is 7.05 Å². The average molecular weight is 348 g/mol. The number of amides is 1. The number of aromatic nitrogens is 3. The molecule has 0 aliphatic rings. The van der Waals surface area contributed by atoms with E-state index in [-0.39, 0.29) is 17.9 Å². The van der Waals surface area contributed by atoms with E-state index in [1.807, 2.05) is 20.8 Å². The first-order chi connectivity index (χ1) is 11.8. The van der Waals surface area contributed by atoms with E-state index in [1.165, 1.54) is 0 Å². The summed E-state index contributed by atoms with van der Waals surface area (Å²) in [5.41, 5.74) is 2.79. The molecule has 0 aliphatic heterocycles. The van der Waals surface area contributed by atoms with Crippen LogP contribution in [0, 0.1) is 13.8 Å². The quantitative estimate of drug-likeness (QED) is 0.694. The molecule has 0 spiro atoms. The maximum absolute atomic E-state index is 12.1. The van der Waals surface area contributed by atoms with Crippen molar-refractivity contribution in [3.05, 3.63) is 27.2 Å². The lowest BCUT2D eigenvalue weighted by Gasteiger charge is -2.14. The van der Waals surface area contributed by atoms with Gasteiger partial charge < -0.3 is 10.4 Å². The molecule has 1 unspecified atom stereocenters. The number of fused-ring (bicyclic) bond motifs is 1. The maximum Gasteiger partial charge on any atom is 0.326 e.